The molecule has 2 unspecified atom stereocenters. The van der Waals surface area contributed by atoms with Crippen LogP contribution in [0.1, 0.15) is 116 Å². The number of rotatable bonds is 8. The molecular weight excluding hydrogens is 759 g/mol. The second-order valence-electron chi connectivity index (χ2n) is 18.1. The van der Waals surface area contributed by atoms with Crippen LogP contribution in [-0.2, 0) is 25.7 Å². The van der Waals surface area contributed by atoms with E-state index in [4.69, 9.17) is 24.2 Å². The SMILES string of the molecule is COC(=O)N[C@H](C(=O)N1[C@@H](C)CC[C@H]1c1nc2ccc3cc4c(cc3c2[nH]1)OCc1cc(-c2cnc([C@@H]3CC[C@H](C)N3C(=O)CC3CC(C)O[C@H](C)C3)[nH]2)ccc1-4)C(C)C. The molecule has 3 saturated heterocycles. The van der Waals surface area contributed by atoms with Crippen LogP contribution in [0.4, 0.5) is 4.79 Å². The van der Waals surface area contributed by atoms with E-state index in [2.05, 4.69) is 77.4 Å². The van der Waals surface area contributed by atoms with E-state index in [1.165, 1.54) is 7.11 Å². The maximum absolute atomic E-state index is 14.0. The molecule has 4 aliphatic rings. The van der Waals surface area contributed by atoms with Crippen LogP contribution >= 0.6 is 0 Å². The number of aromatic amines is 2. The van der Waals surface area contributed by atoms with Gasteiger partial charge in [-0.25, -0.2) is 14.8 Å². The largest absolute Gasteiger partial charge is 0.488 e. The highest BCUT2D eigenvalue weighted by atomic mass is 16.5. The number of hydrogen-bond donors (Lipinski definition) is 3. The van der Waals surface area contributed by atoms with Gasteiger partial charge in [0.1, 0.15) is 30.0 Å². The lowest BCUT2D eigenvalue weighted by atomic mass is 9.89. The van der Waals surface area contributed by atoms with Crippen molar-refractivity contribution < 1.29 is 28.6 Å². The molecule has 0 spiro atoms. The molecule has 13 nitrogen and oxygen atoms in total. The summed E-state index contributed by atoms with van der Waals surface area (Å²) in [5, 5.41) is 4.80. The van der Waals surface area contributed by atoms with Crippen LogP contribution in [0.15, 0.2) is 48.7 Å². The second-order valence-corrected chi connectivity index (χ2v) is 18.1. The highest BCUT2D eigenvalue weighted by Crippen LogP contribution is 2.44. The van der Waals surface area contributed by atoms with E-state index in [-0.39, 0.29) is 54.1 Å². The van der Waals surface area contributed by atoms with Crippen LogP contribution in [0, 0.1) is 11.8 Å². The minimum atomic E-state index is -0.713. The first-order chi connectivity index (χ1) is 28.9. The standard InChI is InChI=1S/C47H57N7O6/c1-24(2)42(52-47(57)58-7)46(56)54-26(4)9-15-39(54)45-49-36-13-11-30-20-35-33-12-10-31(19-32(33)23-59-40(35)21-34(30)43(36)51-45)37-22-48-44(50-37)38-14-8-25(3)53(38)41(55)18-29-16-27(5)60-28(6)17-29/h10-13,19-22,24-29,38-39,42H,8-9,14-18,23H2,1-7H3,(H,48,50)(H,49,51)(H,52,57)/t25-,26-,27+,28?,29?,38-,39-,42-/m0/s1. The van der Waals surface area contributed by atoms with Crippen LogP contribution in [0.5, 0.6) is 5.75 Å². The van der Waals surface area contributed by atoms with Gasteiger partial charge in [-0.2, -0.15) is 0 Å². The molecule has 4 aliphatic heterocycles. The molecule has 3 N–H and O–H groups in total. The Morgan fingerprint density at radius 2 is 1.62 bits per heavy atom. The smallest absolute Gasteiger partial charge is 0.407 e. The molecule has 6 heterocycles. The topological polar surface area (TPSA) is 155 Å². The van der Waals surface area contributed by atoms with E-state index in [9.17, 15) is 14.4 Å². The zero-order chi connectivity index (χ0) is 42.0. The monoisotopic (exact) mass is 815 g/mol. The van der Waals surface area contributed by atoms with Crippen molar-refractivity contribution in [2.45, 2.75) is 136 Å². The number of aromatic nitrogens is 4. The van der Waals surface area contributed by atoms with Gasteiger partial charge in [0.25, 0.3) is 0 Å². The molecule has 2 aromatic heterocycles. The van der Waals surface area contributed by atoms with Crippen LogP contribution < -0.4 is 10.1 Å². The highest BCUT2D eigenvalue weighted by Gasteiger charge is 2.42. The van der Waals surface area contributed by atoms with Crippen molar-refractivity contribution in [1.29, 1.82) is 0 Å². The van der Waals surface area contributed by atoms with Crippen LogP contribution in [0.2, 0.25) is 0 Å². The molecule has 0 saturated carbocycles. The summed E-state index contributed by atoms with van der Waals surface area (Å²) in [5.74, 6) is 2.68. The quantitative estimate of drug-likeness (QED) is 0.141. The summed E-state index contributed by atoms with van der Waals surface area (Å²) in [5.41, 5.74) is 6.91. The molecule has 5 aromatic rings. The van der Waals surface area contributed by atoms with Crippen molar-refractivity contribution in [3.63, 3.8) is 0 Å². The maximum Gasteiger partial charge on any atom is 0.407 e. The fourth-order valence-corrected chi connectivity index (χ4v) is 10.5. The van der Waals surface area contributed by atoms with Crippen LogP contribution in [0.25, 0.3) is 44.2 Å². The Balaban J connectivity index is 0.950. The van der Waals surface area contributed by atoms with E-state index in [0.717, 1.165) is 106 Å². The predicted molar refractivity (Wildman–Crippen MR) is 229 cm³/mol. The van der Waals surface area contributed by atoms with Gasteiger partial charge < -0.3 is 39.3 Å². The van der Waals surface area contributed by atoms with Gasteiger partial charge in [0.2, 0.25) is 11.8 Å². The van der Waals surface area contributed by atoms with Crippen molar-refractivity contribution in [2.75, 3.05) is 7.11 Å². The first-order valence-electron chi connectivity index (χ1n) is 21.8. The third-order valence-electron chi connectivity index (χ3n) is 13.4. The van der Waals surface area contributed by atoms with E-state index in [0.29, 0.717) is 18.9 Å². The third kappa shape index (κ3) is 7.28. The molecule has 60 heavy (non-hydrogen) atoms. The zero-order valence-corrected chi connectivity index (χ0v) is 35.7. The Morgan fingerprint density at radius 3 is 2.35 bits per heavy atom. The second kappa shape index (κ2) is 15.9. The Kier molecular flexibility index (Phi) is 10.6. The van der Waals surface area contributed by atoms with Crippen molar-refractivity contribution in [3.8, 4) is 28.1 Å². The summed E-state index contributed by atoms with van der Waals surface area (Å²) < 4.78 is 17.2. The number of likely N-dealkylation sites (tertiary alicyclic amines) is 2. The van der Waals surface area contributed by atoms with Crippen LogP contribution in [0.3, 0.4) is 0 Å². The number of H-pyrrole nitrogens is 2. The first kappa shape index (κ1) is 40.0. The number of fused-ring (bicyclic) bond motifs is 6. The number of nitrogens with zero attached hydrogens (tertiary/aromatic N) is 4. The van der Waals surface area contributed by atoms with Gasteiger partial charge in [0.15, 0.2) is 0 Å². The average Bonchev–Trinajstić information content (AvgIpc) is 4.04. The van der Waals surface area contributed by atoms with Gasteiger partial charge in [-0.3, -0.25) is 9.59 Å². The fourth-order valence-electron chi connectivity index (χ4n) is 10.5. The van der Waals surface area contributed by atoms with E-state index in [1.54, 1.807) is 0 Å². The number of nitrogens with one attached hydrogen (secondary N) is 3. The molecule has 13 heteroatoms. The van der Waals surface area contributed by atoms with Crippen molar-refractivity contribution in [1.82, 2.24) is 35.1 Å². The summed E-state index contributed by atoms with van der Waals surface area (Å²) >= 11 is 0. The number of amides is 3. The highest BCUT2D eigenvalue weighted by molar-refractivity contribution is 6.07. The summed E-state index contributed by atoms with van der Waals surface area (Å²) in [6, 6.07) is 14.0. The van der Waals surface area contributed by atoms with Gasteiger partial charge in [-0.15, -0.1) is 0 Å². The minimum absolute atomic E-state index is 0.0119. The van der Waals surface area contributed by atoms with Crippen molar-refractivity contribution >= 4 is 39.7 Å². The number of carbonyl (C=O) groups is 3. The number of methoxy groups -OCH3 is 1. The number of alkyl carbamates (subject to hydrolysis) is 1. The Hall–Kier alpha value is -5.43. The van der Waals surface area contributed by atoms with E-state index >= 15 is 0 Å². The summed E-state index contributed by atoms with van der Waals surface area (Å²) in [4.78, 5) is 60.9. The van der Waals surface area contributed by atoms with Gasteiger partial charge in [0, 0.05) is 29.5 Å². The number of ether oxygens (including phenoxy) is 3. The molecule has 8 atom stereocenters. The number of benzene rings is 3. The molecule has 3 amide bonds. The molecule has 0 radical (unpaired) electrons. The van der Waals surface area contributed by atoms with Gasteiger partial charge in [0.05, 0.1) is 54.3 Å². The molecule has 9 rings (SSSR count). The maximum atomic E-state index is 14.0. The normalized spacial score (nSPS) is 25.6. The minimum Gasteiger partial charge on any atom is -0.488 e. The third-order valence-corrected chi connectivity index (χ3v) is 13.4. The Morgan fingerprint density at radius 1 is 0.883 bits per heavy atom. The van der Waals surface area contributed by atoms with E-state index in [1.807, 2.05) is 37.9 Å². The first-order valence-corrected chi connectivity index (χ1v) is 21.8. The Labute approximate surface area is 350 Å². The van der Waals surface area contributed by atoms with Crippen molar-refractivity contribution in [3.05, 3.63) is 65.9 Å². The molecule has 316 valence electrons. The van der Waals surface area contributed by atoms with Gasteiger partial charge in [-0.1, -0.05) is 32.0 Å². The lowest BCUT2D eigenvalue weighted by Crippen LogP contribution is -2.52. The number of carbonyl (C=O) groups excluding carboxylic acids is 3. The summed E-state index contributed by atoms with van der Waals surface area (Å²) in [6.07, 6.45) is 7.49. The summed E-state index contributed by atoms with van der Waals surface area (Å²) in [7, 11) is 1.30. The lowest BCUT2D eigenvalue weighted by Gasteiger charge is -2.34. The fraction of sp³-hybridized carbons (Fsp3) is 0.511. The van der Waals surface area contributed by atoms with Crippen molar-refractivity contribution in [2.24, 2.45) is 11.8 Å². The van der Waals surface area contributed by atoms with E-state index < -0.39 is 12.1 Å². The summed E-state index contributed by atoms with van der Waals surface area (Å²) in [6.45, 7) is 12.7. The molecule has 3 fully saturated rings. The van der Waals surface area contributed by atoms with Gasteiger partial charge >= 0.3 is 6.09 Å². The molecule has 3 aromatic carbocycles. The molecule has 0 bridgehead atoms. The average molecular weight is 816 g/mol. The van der Waals surface area contributed by atoms with Gasteiger partial charge in [-0.05, 0) is 124 Å². The zero-order valence-electron chi connectivity index (χ0n) is 35.7. The predicted octanol–water partition coefficient (Wildman–Crippen LogP) is 8.74. The molecule has 0 aliphatic carbocycles. The number of hydrogen-bond acceptors (Lipinski definition) is 8. The lowest BCUT2D eigenvalue weighted by molar-refractivity contribution is -0.138. The Bertz CT molecular complexity index is 2450. The molecular formula is C47H57N7O6. The number of imidazole rings is 2. The van der Waals surface area contributed by atoms with Crippen LogP contribution in [-0.4, -0.2) is 85.1 Å².